The molecule has 0 aliphatic heterocycles. The van der Waals surface area contributed by atoms with Gasteiger partial charge in [-0.2, -0.15) is 5.10 Å². The Balaban J connectivity index is 1.79. The van der Waals surface area contributed by atoms with Gasteiger partial charge in [-0.05, 0) is 54.5 Å². The Kier molecular flexibility index (Phi) is 3.51. The van der Waals surface area contributed by atoms with Crippen molar-refractivity contribution in [2.45, 2.75) is 31.8 Å². The molecule has 0 spiro atoms. The van der Waals surface area contributed by atoms with E-state index in [1.54, 1.807) is 0 Å². The summed E-state index contributed by atoms with van der Waals surface area (Å²) in [5, 5.41) is 9.74. The van der Waals surface area contributed by atoms with Crippen LogP contribution in [-0.2, 0) is 12.8 Å². The molecule has 5 nitrogen and oxygen atoms in total. The number of fused-ring (bicyclic) bond motifs is 5. The number of rotatable bonds is 2. The quantitative estimate of drug-likeness (QED) is 0.485. The molecule has 5 N–H and O–H groups in total. The molecule has 5 heteroatoms. The van der Waals surface area contributed by atoms with Crippen LogP contribution in [0.1, 0.15) is 35.7 Å². The molecule has 0 saturated carbocycles. The van der Waals surface area contributed by atoms with Gasteiger partial charge in [0.05, 0.1) is 29.1 Å². The van der Waals surface area contributed by atoms with Crippen LogP contribution in [0.2, 0.25) is 0 Å². The summed E-state index contributed by atoms with van der Waals surface area (Å²) in [5.74, 6) is 0. The van der Waals surface area contributed by atoms with E-state index in [9.17, 15) is 0 Å². The zero-order valence-electron chi connectivity index (χ0n) is 14.5. The molecule has 5 rings (SSSR count). The van der Waals surface area contributed by atoms with Gasteiger partial charge in [0, 0.05) is 16.3 Å². The van der Waals surface area contributed by atoms with E-state index >= 15 is 0 Å². The van der Waals surface area contributed by atoms with Crippen LogP contribution in [0.25, 0.3) is 33.1 Å². The molecule has 2 aromatic carbocycles. The third-order valence-electron chi connectivity index (χ3n) is 5.46. The normalized spacial score (nSPS) is 14.3. The van der Waals surface area contributed by atoms with Crippen LogP contribution in [-0.4, -0.2) is 15.2 Å². The first kappa shape index (κ1) is 15.5. The molecule has 0 saturated heterocycles. The second-order valence-corrected chi connectivity index (χ2v) is 7.06. The molecule has 0 radical (unpaired) electrons. The Morgan fingerprint density at radius 2 is 1.69 bits per heavy atom. The van der Waals surface area contributed by atoms with Crippen molar-refractivity contribution >= 4 is 21.8 Å². The highest BCUT2D eigenvalue weighted by Crippen LogP contribution is 2.37. The summed E-state index contributed by atoms with van der Waals surface area (Å²) in [7, 11) is 0. The van der Waals surface area contributed by atoms with Crippen molar-refractivity contribution in [1.29, 1.82) is 0 Å². The Bertz CT molecular complexity index is 1110. The van der Waals surface area contributed by atoms with Crippen LogP contribution in [0.15, 0.2) is 42.6 Å². The van der Waals surface area contributed by atoms with E-state index in [4.69, 9.17) is 16.5 Å². The minimum atomic E-state index is -0.447. The summed E-state index contributed by atoms with van der Waals surface area (Å²) in [6.45, 7) is 0. The second kappa shape index (κ2) is 5.90. The van der Waals surface area contributed by atoms with Crippen LogP contribution in [0, 0.1) is 0 Å². The first-order chi connectivity index (χ1) is 12.7. The number of aromatic amines is 1. The zero-order valence-corrected chi connectivity index (χ0v) is 14.5. The fraction of sp³-hybridized carbons (Fsp3) is 0.238. The maximum atomic E-state index is 5.78. The lowest BCUT2D eigenvalue weighted by molar-refractivity contribution is 0.689. The van der Waals surface area contributed by atoms with Crippen molar-refractivity contribution in [1.82, 2.24) is 15.2 Å². The van der Waals surface area contributed by atoms with Gasteiger partial charge in [0.25, 0.3) is 0 Å². The fourth-order valence-electron chi connectivity index (χ4n) is 4.15. The predicted molar refractivity (Wildman–Crippen MR) is 105 cm³/mol. The number of H-pyrrole nitrogens is 1. The number of hydrogen-bond donors (Lipinski definition) is 3. The summed E-state index contributed by atoms with van der Waals surface area (Å²) in [6.07, 6.45) is 6.07. The van der Waals surface area contributed by atoms with Crippen molar-refractivity contribution in [3.8, 4) is 11.3 Å². The summed E-state index contributed by atoms with van der Waals surface area (Å²) >= 11 is 0. The largest absolute Gasteiger partial charge is 0.312 e. The van der Waals surface area contributed by atoms with Crippen molar-refractivity contribution in [3.05, 3.63) is 59.3 Å². The molecule has 1 aliphatic rings. The molecule has 26 heavy (non-hydrogen) atoms. The molecule has 0 fully saturated rings. The lowest BCUT2D eigenvalue weighted by Crippen LogP contribution is -2.19. The number of benzene rings is 2. The van der Waals surface area contributed by atoms with Gasteiger partial charge in [0.2, 0.25) is 0 Å². The Morgan fingerprint density at radius 1 is 0.923 bits per heavy atom. The molecule has 4 aromatic rings. The van der Waals surface area contributed by atoms with E-state index in [0.717, 1.165) is 40.7 Å². The molecule has 0 amide bonds. The number of aryl methyl sites for hydroxylation is 1. The van der Waals surface area contributed by atoms with Crippen molar-refractivity contribution < 1.29 is 0 Å². The number of nitrogens with one attached hydrogen (secondary N) is 1. The first-order valence-corrected chi connectivity index (χ1v) is 9.11. The number of pyridine rings is 1. The van der Waals surface area contributed by atoms with E-state index in [1.807, 2.05) is 18.3 Å². The van der Waals surface area contributed by atoms with Gasteiger partial charge in [0.1, 0.15) is 0 Å². The lowest BCUT2D eigenvalue weighted by atomic mass is 9.85. The van der Waals surface area contributed by atoms with Crippen LogP contribution in [0.3, 0.4) is 0 Å². The fourth-order valence-corrected chi connectivity index (χ4v) is 4.15. The molecule has 0 unspecified atom stereocenters. The first-order valence-electron chi connectivity index (χ1n) is 9.11. The van der Waals surface area contributed by atoms with Gasteiger partial charge < -0.3 is 11.5 Å². The average Bonchev–Trinajstić information content (AvgIpc) is 3.16. The summed E-state index contributed by atoms with van der Waals surface area (Å²) in [5.41, 5.74) is 19.6. The van der Waals surface area contributed by atoms with E-state index < -0.39 is 6.17 Å². The predicted octanol–water partition coefficient (Wildman–Crippen LogP) is 3.57. The van der Waals surface area contributed by atoms with E-state index in [-0.39, 0.29) is 0 Å². The van der Waals surface area contributed by atoms with Crippen LogP contribution in [0.5, 0.6) is 0 Å². The molecule has 2 heterocycles. The number of nitrogens with two attached hydrogens (primary N) is 2. The zero-order chi connectivity index (χ0) is 17.7. The smallest absolute Gasteiger partial charge is 0.0784 e. The van der Waals surface area contributed by atoms with E-state index in [1.165, 1.54) is 34.7 Å². The summed E-state index contributed by atoms with van der Waals surface area (Å²) in [6, 6.07) is 12.3. The number of hydrogen-bond acceptors (Lipinski definition) is 4. The topological polar surface area (TPSA) is 93.6 Å². The van der Waals surface area contributed by atoms with Gasteiger partial charge in [-0.1, -0.05) is 24.3 Å². The maximum absolute atomic E-state index is 5.78. The molecular weight excluding hydrogens is 322 g/mol. The monoisotopic (exact) mass is 343 g/mol. The van der Waals surface area contributed by atoms with Gasteiger partial charge in [-0.3, -0.25) is 5.10 Å². The van der Waals surface area contributed by atoms with Crippen LogP contribution in [0.4, 0.5) is 0 Å². The molecule has 2 aromatic heterocycles. The second-order valence-electron chi connectivity index (χ2n) is 7.06. The van der Waals surface area contributed by atoms with Crippen molar-refractivity contribution in [2.75, 3.05) is 0 Å². The Morgan fingerprint density at radius 3 is 2.46 bits per heavy atom. The minimum Gasteiger partial charge on any atom is -0.312 e. The molecule has 0 bridgehead atoms. The highest BCUT2D eigenvalue weighted by atomic mass is 15.1. The van der Waals surface area contributed by atoms with Crippen LogP contribution < -0.4 is 11.5 Å². The molecule has 0 atom stereocenters. The van der Waals surface area contributed by atoms with Gasteiger partial charge >= 0.3 is 0 Å². The number of aromatic nitrogens is 3. The highest BCUT2D eigenvalue weighted by molar-refractivity contribution is 6.07. The van der Waals surface area contributed by atoms with Crippen molar-refractivity contribution in [2.24, 2.45) is 11.5 Å². The lowest BCUT2D eigenvalue weighted by Gasteiger charge is -2.22. The highest BCUT2D eigenvalue weighted by Gasteiger charge is 2.21. The van der Waals surface area contributed by atoms with Crippen molar-refractivity contribution in [3.63, 3.8) is 0 Å². The van der Waals surface area contributed by atoms with Gasteiger partial charge in [0.15, 0.2) is 0 Å². The Hall–Kier alpha value is -2.76. The average molecular weight is 343 g/mol. The third-order valence-corrected chi connectivity index (χ3v) is 5.46. The minimum absolute atomic E-state index is 0.447. The Labute approximate surface area is 151 Å². The maximum Gasteiger partial charge on any atom is 0.0784 e. The van der Waals surface area contributed by atoms with Gasteiger partial charge in [-0.25, -0.2) is 4.98 Å². The summed E-state index contributed by atoms with van der Waals surface area (Å²) < 4.78 is 0. The molecular formula is C21H21N5. The van der Waals surface area contributed by atoms with E-state index in [0.29, 0.717) is 0 Å². The molecule has 130 valence electrons. The van der Waals surface area contributed by atoms with E-state index in [2.05, 4.69) is 34.5 Å². The van der Waals surface area contributed by atoms with Crippen LogP contribution >= 0.6 is 0 Å². The SMILES string of the molecule is NC(N)c1ccc(-c2nc3ccc4[nH]ncc4c3c3c2CCCC3)cc1. The summed E-state index contributed by atoms with van der Waals surface area (Å²) in [4.78, 5) is 5.06. The third kappa shape index (κ3) is 2.32. The standard InChI is InChI=1S/C21H21N5/c22-21(23)13-7-5-12(6-8-13)20-15-4-2-1-3-14(15)19-16-11-24-26-17(16)9-10-18(19)25-20/h5-11,21H,1-4,22-23H2,(H,24,26). The molecule has 1 aliphatic carbocycles. The van der Waals surface area contributed by atoms with Gasteiger partial charge in [-0.15, -0.1) is 0 Å². The number of nitrogens with zero attached hydrogens (tertiary/aromatic N) is 2.